The summed E-state index contributed by atoms with van der Waals surface area (Å²) in [5.74, 6) is 0.412. The highest BCUT2D eigenvalue weighted by Crippen LogP contribution is 2.29. The molecule has 0 fully saturated rings. The number of nitrogens with zero attached hydrogens (tertiary/aromatic N) is 1. The summed E-state index contributed by atoms with van der Waals surface area (Å²) in [7, 11) is 0. The highest BCUT2D eigenvalue weighted by Gasteiger charge is 2.27. The van der Waals surface area contributed by atoms with Crippen molar-refractivity contribution >= 4 is 50.9 Å². The van der Waals surface area contributed by atoms with Gasteiger partial charge in [0.15, 0.2) is 6.61 Å². The lowest BCUT2D eigenvalue weighted by Crippen LogP contribution is -2.50. The number of amides is 2. The molecule has 0 aliphatic rings. The van der Waals surface area contributed by atoms with Crippen molar-refractivity contribution in [1.82, 2.24) is 10.2 Å². The fourth-order valence-electron chi connectivity index (χ4n) is 3.10. The molecule has 0 spiro atoms. The molecule has 0 bridgehead atoms. The molecule has 0 aliphatic carbocycles. The highest BCUT2D eigenvalue weighted by molar-refractivity contribution is 9.10. The lowest BCUT2D eigenvalue weighted by molar-refractivity contribution is -0.142. The van der Waals surface area contributed by atoms with Crippen LogP contribution in [0.3, 0.4) is 0 Å². The second-order valence-electron chi connectivity index (χ2n) is 8.40. The molecule has 0 aromatic heterocycles. The van der Waals surface area contributed by atoms with Gasteiger partial charge in [-0.15, -0.1) is 0 Å². The van der Waals surface area contributed by atoms with E-state index in [2.05, 4.69) is 35.1 Å². The Morgan fingerprint density at radius 3 is 2.33 bits per heavy atom. The number of hydrogen-bond donors (Lipinski definition) is 1. The third kappa shape index (κ3) is 7.90. The van der Waals surface area contributed by atoms with E-state index >= 15 is 0 Å². The number of carbonyl (C=O) groups excluding carboxylic acids is 2. The normalized spacial score (nSPS) is 12.9. The molecule has 0 saturated carbocycles. The largest absolute Gasteiger partial charge is 0.483 e. The number of nitrogens with one attached hydrogen (secondary N) is 1. The summed E-state index contributed by atoms with van der Waals surface area (Å²) in [5.41, 5.74) is 1.93. The van der Waals surface area contributed by atoms with Crippen molar-refractivity contribution < 1.29 is 14.3 Å². The Labute approximate surface area is 214 Å². The minimum atomic E-state index is -0.698. The number of ether oxygens (including phenoxy) is 1. The Morgan fingerprint density at radius 1 is 1.06 bits per heavy atom. The SMILES string of the molecule is CC[C@@H](C)NC(=O)[C@@H](C)N(Cc1ccc(Cl)c(Cl)c1)C(=O)COc1ccc(C(C)C)cc1Br. The first kappa shape index (κ1) is 27.5. The number of halogens is 3. The van der Waals surface area contributed by atoms with Crippen molar-refractivity contribution in [2.75, 3.05) is 6.61 Å². The van der Waals surface area contributed by atoms with Gasteiger partial charge in [0, 0.05) is 12.6 Å². The first-order valence-electron chi connectivity index (χ1n) is 11.0. The van der Waals surface area contributed by atoms with Gasteiger partial charge in [-0.2, -0.15) is 0 Å². The number of hydrogen-bond acceptors (Lipinski definition) is 3. The molecule has 0 heterocycles. The maximum absolute atomic E-state index is 13.2. The third-order valence-corrected chi connectivity index (χ3v) is 6.84. The van der Waals surface area contributed by atoms with Gasteiger partial charge in [0.2, 0.25) is 5.91 Å². The molecule has 180 valence electrons. The van der Waals surface area contributed by atoms with E-state index in [1.54, 1.807) is 25.1 Å². The van der Waals surface area contributed by atoms with Crippen molar-refractivity contribution in [3.8, 4) is 5.75 Å². The predicted octanol–water partition coefficient (Wildman–Crippen LogP) is 6.59. The molecule has 0 unspecified atom stereocenters. The van der Waals surface area contributed by atoms with Crippen molar-refractivity contribution in [2.24, 2.45) is 0 Å². The minimum Gasteiger partial charge on any atom is -0.483 e. The summed E-state index contributed by atoms with van der Waals surface area (Å²) < 4.78 is 6.59. The second-order valence-corrected chi connectivity index (χ2v) is 10.1. The van der Waals surface area contributed by atoms with Gasteiger partial charge in [-0.3, -0.25) is 9.59 Å². The standard InChI is InChI=1S/C25H31BrCl2N2O3/c1-6-16(4)29-25(32)17(5)30(13-18-7-9-21(27)22(28)11-18)24(31)14-33-23-10-8-19(15(2)3)12-20(23)26/h7-12,15-17H,6,13-14H2,1-5H3,(H,29,32)/t16-,17-/m1/s1. The topological polar surface area (TPSA) is 58.6 Å². The molecule has 5 nitrogen and oxygen atoms in total. The lowest BCUT2D eigenvalue weighted by Gasteiger charge is -2.29. The molecule has 33 heavy (non-hydrogen) atoms. The van der Waals surface area contributed by atoms with E-state index in [1.807, 2.05) is 32.0 Å². The average Bonchev–Trinajstić information content (AvgIpc) is 2.77. The van der Waals surface area contributed by atoms with E-state index in [4.69, 9.17) is 27.9 Å². The van der Waals surface area contributed by atoms with Crippen LogP contribution in [0.5, 0.6) is 5.75 Å². The molecular weight excluding hydrogens is 527 g/mol. The number of carbonyl (C=O) groups is 2. The summed E-state index contributed by atoms with van der Waals surface area (Å²) in [6, 6.07) is 10.3. The molecule has 0 aliphatic heterocycles. The van der Waals surface area contributed by atoms with Crippen LogP contribution in [0.25, 0.3) is 0 Å². The lowest BCUT2D eigenvalue weighted by atomic mass is 10.0. The molecule has 8 heteroatoms. The van der Waals surface area contributed by atoms with Crippen LogP contribution in [0.2, 0.25) is 10.0 Å². The summed E-state index contributed by atoms with van der Waals surface area (Å²) in [6.45, 7) is 9.84. The molecule has 2 atom stereocenters. The molecule has 2 aromatic rings. The van der Waals surface area contributed by atoms with Gasteiger partial charge >= 0.3 is 0 Å². The zero-order chi connectivity index (χ0) is 24.7. The first-order valence-corrected chi connectivity index (χ1v) is 12.5. The van der Waals surface area contributed by atoms with Crippen LogP contribution in [-0.4, -0.2) is 35.4 Å². The van der Waals surface area contributed by atoms with Gasteiger partial charge in [0.1, 0.15) is 11.8 Å². The third-order valence-electron chi connectivity index (χ3n) is 5.48. The first-order chi connectivity index (χ1) is 15.5. The van der Waals surface area contributed by atoms with Crippen LogP contribution < -0.4 is 10.1 Å². The second kappa shape index (κ2) is 12.6. The molecule has 2 aromatic carbocycles. The minimum absolute atomic E-state index is 0.00792. The van der Waals surface area contributed by atoms with Gasteiger partial charge in [-0.1, -0.05) is 56.1 Å². The van der Waals surface area contributed by atoms with E-state index in [1.165, 1.54) is 4.90 Å². The summed E-state index contributed by atoms with van der Waals surface area (Å²) >= 11 is 15.7. The van der Waals surface area contributed by atoms with Crippen molar-refractivity contribution in [2.45, 2.75) is 65.6 Å². The molecule has 0 saturated heterocycles. The average molecular weight is 558 g/mol. The molecule has 0 radical (unpaired) electrons. The maximum atomic E-state index is 13.2. The van der Waals surface area contributed by atoms with Crippen molar-refractivity contribution in [3.05, 3.63) is 62.0 Å². The number of benzene rings is 2. The van der Waals surface area contributed by atoms with Gasteiger partial charge in [-0.05, 0) is 77.5 Å². The highest BCUT2D eigenvalue weighted by atomic mass is 79.9. The fraction of sp³-hybridized carbons (Fsp3) is 0.440. The monoisotopic (exact) mass is 556 g/mol. The summed E-state index contributed by atoms with van der Waals surface area (Å²) in [5, 5.41) is 3.76. The summed E-state index contributed by atoms with van der Waals surface area (Å²) in [4.78, 5) is 27.5. The molecule has 2 rings (SSSR count). The molecule has 2 amide bonds. The predicted molar refractivity (Wildman–Crippen MR) is 138 cm³/mol. The van der Waals surface area contributed by atoms with Crippen LogP contribution in [0.1, 0.15) is 58.1 Å². The fourth-order valence-corrected chi connectivity index (χ4v) is 3.93. The van der Waals surface area contributed by atoms with Gasteiger partial charge in [0.05, 0.1) is 14.5 Å². The van der Waals surface area contributed by atoms with Crippen LogP contribution in [0.4, 0.5) is 0 Å². The Balaban J connectivity index is 2.21. The van der Waals surface area contributed by atoms with Gasteiger partial charge in [-0.25, -0.2) is 0 Å². The van der Waals surface area contributed by atoms with E-state index in [0.29, 0.717) is 21.7 Å². The van der Waals surface area contributed by atoms with Crippen molar-refractivity contribution in [3.63, 3.8) is 0 Å². The van der Waals surface area contributed by atoms with Crippen molar-refractivity contribution in [1.29, 1.82) is 0 Å². The van der Waals surface area contributed by atoms with E-state index in [0.717, 1.165) is 22.0 Å². The Morgan fingerprint density at radius 2 is 1.76 bits per heavy atom. The van der Waals surface area contributed by atoms with E-state index < -0.39 is 6.04 Å². The van der Waals surface area contributed by atoms with Crippen LogP contribution in [-0.2, 0) is 16.1 Å². The quantitative estimate of drug-likeness (QED) is 0.358. The van der Waals surface area contributed by atoms with Crippen LogP contribution in [0, 0.1) is 0 Å². The van der Waals surface area contributed by atoms with E-state index in [-0.39, 0.29) is 31.0 Å². The van der Waals surface area contributed by atoms with Gasteiger partial charge in [0.25, 0.3) is 5.91 Å². The van der Waals surface area contributed by atoms with Gasteiger partial charge < -0.3 is 15.0 Å². The smallest absolute Gasteiger partial charge is 0.261 e. The Kier molecular flexibility index (Phi) is 10.5. The zero-order valence-corrected chi connectivity index (χ0v) is 22.7. The van der Waals surface area contributed by atoms with E-state index in [9.17, 15) is 9.59 Å². The van der Waals surface area contributed by atoms with Crippen LogP contribution >= 0.6 is 39.1 Å². The molecule has 1 N–H and O–H groups in total. The zero-order valence-electron chi connectivity index (χ0n) is 19.6. The number of rotatable bonds is 10. The maximum Gasteiger partial charge on any atom is 0.261 e. The summed E-state index contributed by atoms with van der Waals surface area (Å²) in [6.07, 6.45) is 0.794. The van der Waals surface area contributed by atoms with Crippen LogP contribution in [0.15, 0.2) is 40.9 Å². The molecular formula is C25H31BrCl2N2O3. The Hall–Kier alpha value is -1.76. The Bertz CT molecular complexity index is 984.